The second kappa shape index (κ2) is 6.74. The van der Waals surface area contributed by atoms with E-state index in [-0.39, 0.29) is 0 Å². The van der Waals surface area contributed by atoms with Gasteiger partial charge in [0.05, 0.1) is 11.4 Å². The lowest BCUT2D eigenvalue weighted by atomic mass is 10.2. The van der Waals surface area contributed by atoms with Gasteiger partial charge in [0.2, 0.25) is 5.95 Å². The van der Waals surface area contributed by atoms with Gasteiger partial charge in [-0.2, -0.15) is 0 Å². The molecule has 1 aromatic carbocycles. The number of aryl methyl sites for hydroxylation is 1. The van der Waals surface area contributed by atoms with E-state index in [0.29, 0.717) is 17.3 Å². The molecule has 3 rings (SSSR count). The lowest BCUT2D eigenvalue weighted by Crippen LogP contribution is -2.08. The fraction of sp³-hybridized carbons (Fsp3) is 0.0588. The maximum Gasteiger partial charge on any atom is 0.409 e. The van der Waals surface area contributed by atoms with Crippen molar-refractivity contribution in [1.82, 2.24) is 15.0 Å². The SMILES string of the molecule is Cc1ccc(NC(=O)O)cc1Nc1nccc(-c2ccccn2)n1. The third-order valence-electron chi connectivity index (χ3n) is 3.32. The van der Waals surface area contributed by atoms with Crippen molar-refractivity contribution in [1.29, 1.82) is 0 Å². The predicted molar refractivity (Wildman–Crippen MR) is 91.4 cm³/mol. The Balaban J connectivity index is 1.88. The van der Waals surface area contributed by atoms with E-state index in [2.05, 4.69) is 25.6 Å². The van der Waals surface area contributed by atoms with Crippen LogP contribution >= 0.6 is 0 Å². The van der Waals surface area contributed by atoms with E-state index in [1.54, 1.807) is 30.6 Å². The van der Waals surface area contributed by atoms with Gasteiger partial charge in [0.25, 0.3) is 0 Å². The second-order valence-corrected chi connectivity index (χ2v) is 5.07. The Hall–Kier alpha value is -3.48. The molecule has 2 heterocycles. The van der Waals surface area contributed by atoms with Crippen molar-refractivity contribution in [3.63, 3.8) is 0 Å². The molecular weight excluding hydrogens is 306 g/mol. The molecule has 0 aliphatic carbocycles. The van der Waals surface area contributed by atoms with Gasteiger partial charge in [-0.3, -0.25) is 10.3 Å². The molecule has 24 heavy (non-hydrogen) atoms. The summed E-state index contributed by atoms with van der Waals surface area (Å²) >= 11 is 0. The Bertz CT molecular complexity index is 868. The molecule has 0 radical (unpaired) electrons. The van der Waals surface area contributed by atoms with Crippen LogP contribution in [0.4, 0.5) is 22.1 Å². The third kappa shape index (κ3) is 3.64. The van der Waals surface area contributed by atoms with Crippen LogP contribution in [0.5, 0.6) is 0 Å². The van der Waals surface area contributed by atoms with Crippen molar-refractivity contribution in [3.05, 3.63) is 60.4 Å². The molecule has 0 saturated heterocycles. The van der Waals surface area contributed by atoms with E-state index in [1.165, 1.54) is 0 Å². The number of aromatic nitrogens is 3. The summed E-state index contributed by atoms with van der Waals surface area (Å²) in [4.78, 5) is 23.7. The molecule has 120 valence electrons. The minimum Gasteiger partial charge on any atom is -0.465 e. The lowest BCUT2D eigenvalue weighted by molar-refractivity contribution is 0.210. The zero-order chi connectivity index (χ0) is 16.9. The molecule has 0 spiro atoms. The number of rotatable bonds is 4. The average Bonchev–Trinajstić information content (AvgIpc) is 2.58. The first-order chi connectivity index (χ1) is 11.6. The van der Waals surface area contributed by atoms with Crippen molar-refractivity contribution >= 4 is 23.4 Å². The quantitative estimate of drug-likeness (QED) is 0.678. The number of nitrogens with zero attached hydrogens (tertiary/aromatic N) is 3. The molecule has 2 aromatic heterocycles. The summed E-state index contributed by atoms with van der Waals surface area (Å²) < 4.78 is 0. The molecule has 1 amide bonds. The van der Waals surface area contributed by atoms with Crippen LogP contribution in [0.25, 0.3) is 11.4 Å². The molecule has 0 atom stereocenters. The van der Waals surface area contributed by atoms with E-state index >= 15 is 0 Å². The number of carboxylic acid groups (broad SMARTS) is 1. The first-order valence-electron chi connectivity index (χ1n) is 7.24. The number of carbonyl (C=O) groups is 1. The Morgan fingerprint density at radius 1 is 1.04 bits per heavy atom. The first-order valence-corrected chi connectivity index (χ1v) is 7.24. The lowest BCUT2D eigenvalue weighted by Gasteiger charge is -2.11. The smallest absolute Gasteiger partial charge is 0.409 e. The maximum absolute atomic E-state index is 10.8. The fourth-order valence-corrected chi connectivity index (χ4v) is 2.15. The van der Waals surface area contributed by atoms with Crippen LogP contribution in [0, 0.1) is 6.92 Å². The highest BCUT2D eigenvalue weighted by Gasteiger charge is 2.07. The monoisotopic (exact) mass is 321 g/mol. The molecule has 3 N–H and O–H groups in total. The largest absolute Gasteiger partial charge is 0.465 e. The van der Waals surface area contributed by atoms with Gasteiger partial charge < -0.3 is 10.4 Å². The van der Waals surface area contributed by atoms with Crippen LogP contribution in [-0.2, 0) is 0 Å². The molecule has 0 bridgehead atoms. The molecule has 0 fully saturated rings. The molecule has 0 saturated carbocycles. The van der Waals surface area contributed by atoms with E-state index in [0.717, 1.165) is 16.9 Å². The summed E-state index contributed by atoms with van der Waals surface area (Å²) in [6.07, 6.45) is 2.24. The summed E-state index contributed by atoms with van der Waals surface area (Å²) in [5.74, 6) is 0.411. The summed E-state index contributed by atoms with van der Waals surface area (Å²) in [7, 11) is 0. The standard InChI is InChI=1S/C17H15N5O2/c1-11-5-6-12(20-17(23)24)10-15(11)22-16-19-9-7-14(21-16)13-4-2-3-8-18-13/h2-10,20H,1H3,(H,23,24)(H,19,21,22). The van der Waals surface area contributed by atoms with Crippen molar-refractivity contribution in [3.8, 4) is 11.4 Å². The molecule has 0 aliphatic rings. The van der Waals surface area contributed by atoms with Crippen molar-refractivity contribution in [2.24, 2.45) is 0 Å². The van der Waals surface area contributed by atoms with Gasteiger partial charge in [-0.05, 0) is 42.8 Å². The molecule has 3 aromatic rings. The van der Waals surface area contributed by atoms with Gasteiger partial charge in [0.15, 0.2) is 0 Å². The molecule has 7 heteroatoms. The van der Waals surface area contributed by atoms with Gasteiger partial charge in [0, 0.05) is 23.8 Å². The van der Waals surface area contributed by atoms with Crippen molar-refractivity contribution < 1.29 is 9.90 Å². The maximum atomic E-state index is 10.8. The number of amides is 1. The van der Waals surface area contributed by atoms with E-state index in [9.17, 15) is 4.79 Å². The zero-order valence-corrected chi connectivity index (χ0v) is 12.9. The summed E-state index contributed by atoms with van der Waals surface area (Å²) in [5, 5.41) is 14.3. The predicted octanol–water partition coefficient (Wildman–Crippen LogP) is 3.68. The number of nitrogens with one attached hydrogen (secondary N) is 2. The van der Waals surface area contributed by atoms with E-state index in [1.807, 2.05) is 31.2 Å². The number of pyridine rings is 1. The summed E-state index contributed by atoms with van der Waals surface area (Å²) in [6.45, 7) is 1.91. The highest BCUT2D eigenvalue weighted by molar-refractivity contribution is 5.84. The number of anilines is 3. The third-order valence-corrected chi connectivity index (χ3v) is 3.32. The Morgan fingerprint density at radius 2 is 1.92 bits per heavy atom. The molecule has 0 aliphatic heterocycles. The topological polar surface area (TPSA) is 100 Å². The number of benzene rings is 1. The van der Waals surface area contributed by atoms with Crippen molar-refractivity contribution in [2.75, 3.05) is 10.6 Å². The summed E-state index contributed by atoms with van der Waals surface area (Å²) in [5.41, 5.74) is 3.58. The fourth-order valence-electron chi connectivity index (χ4n) is 2.15. The van der Waals surface area contributed by atoms with Crippen LogP contribution in [0.2, 0.25) is 0 Å². The number of hydrogen-bond donors (Lipinski definition) is 3. The minimum absolute atomic E-state index is 0.411. The Morgan fingerprint density at radius 3 is 2.67 bits per heavy atom. The second-order valence-electron chi connectivity index (χ2n) is 5.07. The highest BCUT2D eigenvalue weighted by Crippen LogP contribution is 2.23. The minimum atomic E-state index is -1.11. The van der Waals surface area contributed by atoms with Gasteiger partial charge in [0.1, 0.15) is 0 Å². The highest BCUT2D eigenvalue weighted by atomic mass is 16.4. The van der Waals surface area contributed by atoms with Crippen LogP contribution in [0.1, 0.15) is 5.56 Å². The summed E-state index contributed by atoms with van der Waals surface area (Å²) in [6, 6.07) is 12.6. The van der Waals surface area contributed by atoms with Crippen molar-refractivity contribution in [2.45, 2.75) is 6.92 Å². The number of hydrogen-bond acceptors (Lipinski definition) is 5. The van der Waals surface area contributed by atoms with Crippen LogP contribution in [0.3, 0.4) is 0 Å². The Kier molecular flexibility index (Phi) is 4.33. The van der Waals surface area contributed by atoms with E-state index in [4.69, 9.17) is 5.11 Å². The van der Waals surface area contributed by atoms with Crippen LogP contribution in [0.15, 0.2) is 54.9 Å². The molecular formula is C17H15N5O2. The van der Waals surface area contributed by atoms with Crippen LogP contribution in [-0.4, -0.2) is 26.2 Å². The molecule has 7 nitrogen and oxygen atoms in total. The molecule has 0 unspecified atom stereocenters. The van der Waals surface area contributed by atoms with Gasteiger partial charge >= 0.3 is 6.09 Å². The van der Waals surface area contributed by atoms with Gasteiger partial charge in [-0.15, -0.1) is 0 Å². The zero-order valence-electron chi connectivity index (χ0n) is 12.9. The Labute approximate surface area is 138 Å². The van der Waals surface area contributed by atoms with Gasteiger partial charge in [-0.25, -0.2) is 14.8 Å². The first kappa shape index (κ1) is 15.4. The van der Waals surface area contributed by atoms with Gasteiger partial charge in [-0.1, -0.05) is 12.1 Å². The van der Waals surface area contributed by atoms with E-state index < -0.39 is 6.09 Å². The normalized spacial score (nSPS) is 10.2. The average molecular weight is 321 g/mol. The van der Waals surface area contributed by atoms with Crippen LogP contribution < -0.4 is 10.6 Å².